The number of fused-ring (bicyclic) bond motifs is 4. The Kier molecular flexibility index (Phi) is 34.1. The number of likely N-dealkylation sites (tertiary alicyclic amines) is 4. The molecule has 4 N–H and O–H groups in total. The number of ketones is 2. The van der Waals surface area contributed by atoms with Crippen molar-refractivity contribution in [2.75, 3.05) is 164 Å². The lowest BCUT2D eigenvalue weighted by atomic mass is 9.80. The van der Waals surface area contributed by atoms with Gasteiger partial charge in [0.15, 0.2) is 45.5 Å². The van der Waals surface area contributed by atoms with E-state index < -0.39 is 11.9 Å². The van der Waals surface area contributed by atoms with Crippen LogP contribution in [-0.4, -0.2) is 287 Å². The van der Waals surface area contributed by atoms with Gasteiger partial charge in [0, 0.05) is 171 Å². The van der Waals surface area contributed by atoms with E-state index in [9.17, 15) is 39.9 Å². The van der Waals surface area contributed by atoms with Crippen LogP contribution in [0.25, 0.3) is 44.4 Å². The van der Waals surface area contributed by atoms with Gasteiger partial charge in [-0.3, -0.25) is 19.2 Å². The van der Waals surface area contributed by atoms with Gasteiger partial charge < -0.3 is 59.6 Å². The molecule has 0 saturated carbocycles. The maximum Gasteiger partial charge on any atom is 0.303 e. The number of nitriles is 2. The minimum absolute atomic E-state index is 0.145. The van der Waals surface area contributed by atoms with E-state index in [0.717, 1.165) is 178 Å². The third-order valence-corrected chi connectivity index (χ3v) is 32.1. The van der Waals surface area contributed by atoms with Crippen molar-refractivity contribution >= 4 is 184 Å². The number of anilines is 4. The van der Waals surface area contributed by atoms with Gasteiger partial charge in [-0.2, -0.15) is 40.9 Å². The lowest BCUT2D eigenvalue weighted by Crippen LogP contribution is -2.54. The van der Waals surface area contributed by atoms with E-state index in [-0.39, 0.29) is 73.2 Å². The van der Waals surface area contributed by atoms with Crippen molar-refractivity contribution in [1.29, 1.82) is 10.5 Å². The molecule has 8 aromatic heterocycles. The highest BCUT2D eigenvalue weighted by Crippen LogP contribution is 2.43. The van der Waals surface area contributed by atoms with Crippen molar-refractivity contribution in [3.63, 3.8) is 0 Å². The smallest absolute Gasteiger partial charge is 0.303 e. The number of Topliss-reactive ketones (excluding diaryl/α,β-unsaturated/α-hetero) is 2. The molecule has 0 amide bonds. The number of benzene rings is 4. The zero-order chi connectivity index (χ0) is 102. The number of aromatic nitrogens is 16. The largest absolute Gasteiger partial charge is 0.481 e. The summed E-state index contributed by atoms with van der Waals surface area (Å²) in [7, 11) is 0. The molecule has 0 bridgehead atoms. The van der Waals surface area contributed by atoms with E-state index in [4.69, 9.17) is 123 Å². The Morgan fingerprint density at radius 2 is 0.667 bits per heavy atom. The van der Waals surface area contributed by atoms with Gasteiger partial charge in [0.25, 0.3) is 0 Å². The molecule has 0 unspecified atom stereocenters. The van der Waals surface area contributed by atoms with Crippen LogP contribution < -0.4 is 19.6 Å². The SMILES string of the molecule is CC(=O)c1nn([C@H](C)c2ccc(Cl)cc2Cl)c2nc(N3CC([C@@H]4CCCN(CCCC(=O)O)C4)C3)ncc12.CC(=O)c1nn([C@H](C)c2ccc(Cl)cc2Cl)c2nc(N3CC([C@H]4CCCN(CCCC(=O)O)C4)C3)ncc12.C[C@H](c1ccc(Cl)cc1Cl)n1nc(C#N)c2ncc(N3CC([C@@H]4CCCN(CCO)C4)C3)nc21.C[C@H](c1ccc(Cl)cc1Cl)n1nc(C#N)c2ncc(N3CC([C@H]4CCCN(CCO)C4)C3)nc21. The first-order chi connectivity index (χ1) is 69.4. The van der Waals surface area contributed by atoms with Crippen molar-refractivity contribution in [2.45, 2.75) is 143 Å². The van der Waals surface area contributed by atoms with Crippen LogP contribution in [-0.2, 0) is 9.59 Å². The number of carboxylic acid groups (broad SMARTS) is 2. The molecule has 760 valence electrons. The number of carbonyl (C=O) groups excluding carboxylic acids is 2. The molecule has 0 aliphatic carbocycles. The molecular formula is C102H118Cl8N26O8. The van der Waals surface area contributed by atoms with E-state index in [1.807, 2.05) is 52.0 Å². The molecule has 8 aliphatic rings. The Balaban J connectivity index is 0.000000132. The number of aliphatic carboxylic acids is 2. The summed E-state index contributed by atoms with van der Waals surface area (Å²) in [6.07, 6.45) is 18.3. The number of aliphatic hydroxyl groups excluding tert-OH is 2. The second kappa shape index (κ2) is 46.8. The maximum atomic E-state index is 12.4. The molecule has 16 heterocycles. The van der Waals surface area contributed by atoms with Crippen LogP contribution in [0, 0.1) is 70.0 Å². The molecule has 20 rings (SSSR count). The Labute approximate surface area is 875 Å². The molecule has 8 atom stereocenters. The van der Waals surface area contributed by atoms with Crippen LogP contribution in [0.1, 0.15) is 197 Å². The molecule has 42 heteroatoms. The highest BCUT2D eigenvalue weighted by atomic mass is 35.5. The first-order valence-electron chi connectivity index (χ1n) is 49.6. The molecule has 0 radical (unpaired) electrons. The topological polar surface area (TPSA) is 397 Å². The average Bonchev–Trinajstić information content (AvgIpc) is 1.61. The van der Waals surface area contributed by atoms with Crippen LogP contribution in [0.15, 0.2) is 97.6 Å². The molecular weight excluding hydrogens is 2000 g/mol. The van der Waals surface area contributed by atoms with E-state index in [2.05, 4.69) is 91.7 Å². The number of nitrogens with zero attached hydrogens (tertiary/aromatic N) is 26. The predicted octanol–water partition coefficient (Wildman–Crippen LogP) is 17.4. The zero-order valence-corrected chi connectivity index (χ0v) is 87.3. The minimum atomic E-state index is -0.729. The van der Waals surface area contributed by atoms with Crippen molar-refractivity contribution in [3.05, 3.63) is 183 Å². The van der Waals surface area contributed by atoms with Crippen molar-refractivity contribution in [1.82, 2.24) is 98.6 Å². The van der Waals surface area contributed by atoms with Crippen LogP contribution in [0.2, 0.25) is 40.2 Å². The molecule has 8 aliphatic heterocycles. The average molecular weight is 2120 g/mol. The second-order valence-corrected chi connectivity index (χ2v) is 42.8. The summed E-state index contributed by atoms with van der Waals surface area (Å²) in [5.74, 6) is 5.94. The predicted molar refractivity (Wildman–Crippen MR) is 559 cm³/mol. The fourth-order valence-electron chi connectivity index (χ4n) is 21.7. The van der Waals surface area contributed by atoms with Gasteiger partial charge >= 0.3 is 11.9 Å². The van der Waals surface area contributed by atoms with Gasteiger partial charge in [-0.1, -0.05) is 117 Å². The Hall–Kier alpha value is -10.4. The summed E-state index contributed by atoms with van der Waals surface area (Å²) in [6, 6.07) is 24.7. The Bertz CT molecular complexity index is 6370. The van der Waals surface area contributed by atoms with Crippen molar-refractivity contribution in [2.24, 2.45) is 47.3 Å². The van der Waals surface area contributed by atoms with Crippen LogP contribution in [0.5, 0.6) is 0 Å². The lowest BCUT2D eigenvalue weighted by molar-refractivity contribution is -0.138. The number of carbonyl (C=O) groups is 4. The first kappa shape index (κ1) is 105. The number of carboxylic acids is 2. The number of hydrogen-bond donors (Lipinski definition) is 4. The van der Waals surface area contributed by atoms with Gasteiger partial charge in [0.1, 0.15) is 46.2 Å². The summed E-state index contributed by atoms with van der Waals surface area (Å²) in [6.45, 7) is 30.2. The summed E-state index contributed by atoms with van der Waals surface area (Å²) in [5.41, 5.74) is 7.89. The minimum Gasteiger partial charge on any atom is -0.481 e. The molecule has 12 aromatic rings. The summed E-state index contributed by atoms with van der Waals surface area (Å²) in [5, 5.41) is 79.4. The van der Waals surface area contributed by atoms with Crippen LogP contribution >= 0.6 is 92.8 Å². The van der Waals surface area contributed by atoms with E-state index in [0.29, 0.717) is 168 Å². The van der Waals surface area contributed by atoms with Gasteiger partial charge in [-0.25, -0.2) is 48.6 Å². The molecule has 8 fully saturated rings. The number of halogens is 8. The molecule has 34 nitrogen and oxygen atoms in total. The lowest BCUT2D eigenvalue weighted by Gasteiger charge is -2.47. The standard InChI is InChI=1S/2C27H32Cl2N6O3.2C24H27Cl2N7O/c2*1-16(21-8-7-20(28)11-23(21)29)35-26-22(25(32-35)17(2)36)12-30-27(31-26)34-14-19(15-34)18-5-3-9-33(13-18)10-4-6-24(37)38;2*1-15(19-5-4-18(25)9-20(19)26)33-24-23(21(10-27)30-33)28-11-22(29-24)32-13-17(14-32)16-3-2-6-31(12-16)7-8-34/h2*7-8,11-12,16,18-19H,3-6,9-10,13-15H2,1-2H3,(H,37,38);2*4-5,9,11,15-17,34H,2-3,6-8,12-14H2,1H3/t16-,18+;16-,18-;15-,16+;15-,16-/m1111/s1. The molecule has 4 aromatic carbocycles. The second-order valence-electron chi connectivity index (χ2n) is 39.4. The maximum absolute atomic E-state index is 12.4. The van der Waals surface area contributed by atoms with Gasteiger partial charge in [-0.05, 0) is 249 Å². The number of aliphatic hydroxyl groups is 2. The Morgan fingerprint density at radius 1 is 0.375 bits per heavy atom. The van der Waals surface area contributed by atoms with Crippen LogP contribution in [0.4, 0.5) is 23.5 Å². The van der Waals surface area contributed by atoms with Gasteiger partial charge in [-0.15, -0.1) is 0 Å². The van der Waals surface area contributed by atoms with Gasteiger partial charge in [0.2, 0.25) is 11.9 Å². The van der Waals surface area contributed by atoms with Gasteiger partial charge in [0.05, 0.1) is 60.5 Å². The number of rotatable bonds is 30. The van der Waals surface area contributed by atoms with E-state index in [1.165, 1.54) is 52.4 Å². The monoisotopic (exact) mass is 2110 g/mol. The quantitative estimate of drug-likeness (QED) is 0.0304. The molecule has 144 heavy (non-hydrogen) atoms. The number of piperidine rings is 4. The molecule has 8 saturated heterocycles. The fourth-order valence-corrected chi connectivity index (χ4v) is 24.0. The molecule has 0 spiro atoms. The summed E-state index contributed by atoms with van der Waals surface area (Å²) < 4.78 is 6.95. The van der Waals surface area contributed by atoms with E-state index >= 15 is 0 Å². The number of hydrogen-bond acceptors (Lipinski definition) is 28. The van der Waals surface area contributed by atoms with Crippen molar-refractivity contribution < 1.29 is 39.6 Å². The summed E-state index contributed by atoms with van der Waals surface area (Å²) in [4.78, 5) is 103. The normalized spacial score (nSPS) is 19.9. The third kappa shape index (κ3) is 23.7. The fraction of sp³-hybridized carbons (Fsp3) is 0.510. The first-order valence-corrected chi connectivity index (χ1v) is 52.6. The zero-order valence-electron chi connectivity index (χ0n) is 81.3. The highest BCUT2D eigenvalue weighted by molar-refractivity contribution is 6.37. The highest BCUT2D eigenvalue weighted by Gasteiger charge is 2.43. The van der Waals surface area contributed by atoms with Crippen molar-refractivity contribution in [3.8, 4) is 12.1 Å². The number of β-amino-alcohol motifs (C(OH)–C–C–N with tert-alkyl or cyclic N) is 2. The van der Waals surface area contributed by atoms with Crippen LogP contribution in [0.3, 0.4) is 0 Å². The third-order valence-electron chi connectivity index (χ3n) is 29.9. The van der Waals surface area contributed by atoms with E-state index in [1.54, 1.807) is 92.0 Å². The Morgan fingerprint density at radius 3 is 0.944 bits per heavy atom. The summed E-state index contributed by atoms with van der Waals surface area (Å²) >= 11 is 50.2.